The van der Waals surface area contributed by atoms with Gasteiger partial charge in [0.2, 0.25) is 0 Å². The van der Waals surface area contributed by atoms with Crippen LogP contribution >= 0.6 is 0 Å². The lowest BCUT2D eigenvalue weighted by Crippen LogP contribution is -2.18. The highest BCUT2D eigenvalue weighted by molar-refractivity contribution is 5.87. The highest BCUT2D eigenvalue weighted by Crippen LogP contribution is 2.39. The van der Waals surface area contributed by atoms with Gasteiger partial charge in [0.1, 0.15) is 11.4 Å². The van der Waals surface area contributed by atoms with Crippen molar-refractivity contribution >= 4 is 11.7 Å². The largest absolute Gasteiger partial charge is 0.494 e. The van der Waals surface area contributed by atoms with E-state index in [-0.39, 0.29) is 17.3 Å². The van der Waals surface area contributed by atoms with Gasteiger partial charge in [-0.05, 0) is 18.9 Å². The lowest BCUT2D eigenvalue weighted by atomic mass is 9.82. The summed E-state index contributed by atoms with van der Waals surface area (Å²) in [6, 6.07) is 4.09. The van der Waals surface area contributed by atoms with Gasteiger partial charge in [0.05, 0.1) is 17.7 Å². The van der Waals surface area contributed by atoms with Crippen LogP contribution in [-0.4, -0.2) is 38.1 Å². The lowest BCUT2D eigenvalue weighted by molar-refractivity contribution is -0.384. The van der Waals surface area contributed by atoms with Crippen LogP contribution in [0.15, 0.2) is 18.2 Å². The van der Waals surface area contributed by atoms with Crippen molar-refractivity contribution in [2.75, 3.05) is 7.11 Å². The Balaban J connectivity index is 2.20. The highest BCUT2D eigenvalue weighted by Gasteiger charge is 2.32. The number of aromatic nitrogens is 3. The molecule has 0 amide bonds. The standard InChI is InChI=1S/C14H14N4O5/c1-23-11-6-5-9(18(21)22)7-10(11)17-13(8-3-2-4-8)12(14(19)20)15-16-17/h5-8H,2-4H2,1H3,(H,19,20). The summed E-state index contributed by atoms with van der Waals surface area (Å²) >= 11 is 0. The summed E-state index contributed by atoms with van der Waals surface area (Å²) in [5.74, 6) is -0.777. The molecule has 3 rings (SSSR count). The van der Waals surface area contributed by atoms with Crippen LogP contribution in [0.3, 0.4) is 0 Å². The summed E-state index contributed by atoms with van der Waals surface area (Å²) in [6.45, 7) is 0. The first-order chi connectivity index (χ1) is 11.0. The number of nitrogens with zero attached hydrogens (tertiary/aromatic N) is 4. The summed E-state index contributed by atoms with van der Waals surface area (Å²) in [5, 5.41) is 28.0. The van der Waals surface area contributed by atoms with Crippen LogP contribution in [0.1, 0.15) is 41.4 Å². The Hall–Kier alpha value is -2.97. The SMILES string of the molecule is COc1ccc([N+](=O)[O-])cc1-n1nnc(C(=O)O)c1C1CCC1. The summed E-state index contributed by atoms with van der Waals surface area (Å²) in [4.78, 5) is 21.9. The number of carboxylic acid groups (broad SMARTS) is 1. The molecule has 0 atom stereocenters. The molecule has 0 aliphatic heterocycles. The van der Waals surface area contributed by atoms with Gasteiger partial charge in [-0.1, -0.05) is 11.6 Å². The fourth-order valence-electron chi connectivity index (χ4n) is 2.62. The zero-order valence-electron chi connectivity index (χ0n) is 12.3. The Morgan fingerprint density at radius 1 is 1.48 bits per heavy atom. The molecule has 0 saturated heterocycles. The van der Waals surface area contributed by atoms with E-state index in [4.69, 9.17) is 4.74 Å². The molecular weight excluding hydrogens is 304 g/mol. The third-order valence-electron chi connectivity index (χ3n) is 4.00. The molecular formula is C14H14N4O5. The van der Waals surface area contributed by atoms with E-state index in [2.05, 4.69) is 10.3 Å². The number of carbonyl (C=O) groups is 1. The fourth-order valence-corrected chi connectivity index (χ4v) is 2.62. The van der Waals surface area contributed by atoms with Crippen LogP contribution in [0.2, 0.25) is 0 Å². The molecule has 1 fully saturated rings. The topological polar surface area (TPSA) is 120 Å². The molecule has 23 heavy (non-hydrogen) atoms. The average molecular weight is 318 g/mol. The van der Waals surface area contributed by atoms with Crippen molar-refractivity contribution in [1.29, 1.82) is 0 Å². The van der Waals surface area contributed by atoms with Gasteiger partial charge in [-0.15, -0.1) is 5.10 Å². The van der Waals surface area contributed by atoms with E-state index < -0.39 is 10.9 Å². The van der Waals surface area contributed by atoms with Crippen molar-refractivity contribution in [3.63, 3.8) is 0 Å². The molecule has 0 unspecified atom stereocenters. The number of hydrogen-bond donors (Lipinski definition) is 1. The van der Waals surface area contributed by atoms with Gasteiger partial charge < -0.3 is 9.84 Å². The molecule has 1 heterocycles. The number of aromatic carboxylic acids is 1. The molecule has 0 radical (unpaired) electrons. The minimum absolute atomic E-state index is 0.0278. The maximum Gasteiger partial charge on any atom is 0.358 e. The third kappa shape index (κ3) is 2.50. The quantitative estimate of drug-likeness (QED) is 0.662. The number of rotatable bonds is 5. The van der Waals surface area contributed by atoms with Crippen molar-refractivity contribution in [3.05, 3.63) is 39.7 Å². The molecule has 0 bridgehead atoms. The maximum atomic E-state index is 11.4. The van der Waals surface area contributed by atoms with Crippen molar-refractivity contribution in [2.24, 2.45) is 0 Å². The second-order valence-electron chi connectivity index (χ2n) is 5.28. The summed E-state index contributed by atoms with van der Waals surface area (Å²) in [5.41, 5.74) is 0.516. The van der Waals surface area contributed by atoms with Gasteiger partial charge >= 0.3 is 5.97 Å². The molecule has 120 valence electrons. The minimum Gasteiger partial charge on any atom is -0.494 e. The second-order valence-corrected chi connectivity index (χ2v) is 5.28. The Kier molecular flexibility index (Phi) is 3.68. The molecule has 9 nitrogen and oxygen atoms in total. The van der Waals surface area contributed by atoms with E-state index in [0.717, 1.165) is 19.3 Å². The van der Waals surface area contributed by atoms with Crippen molar-refractivity contribution < 1.29 is 19.6 Å². The zero-order valence-corrected chi connectivity index (χ0v) is 12.3. The van der Waals surface area contributed by atoms with Crippen LogP contribution in [0, 0.1) is 10.1 Å². The molecule has 2 aromatic rings. The number of ether oxygens (including phenoxy) is 1. The van der Waals surface area contributed by atoms with Gasteiger partial charge in [0, 0.05) is 18.1 Å². The predicted molar refractivity (Wildman–Crippen MR) is 78.1 cm³/mol. The van der Waals surface area contributed by atoms with Gasteiger partial charge in [-0.25, -0.2) is 9.48 Å². The molecule has 1 aromatic carbocycles. The Labute approximate surface area is 130 Å². The molecule has 1 N–H and O–H groups in total. The average Bonchev–Trinajstić information content (AvgIpc) is 2.89. The van der Waals surface area contributed by atoms with Gasteiger partial charge in [-0.3, -0.25) is 10.1 Å². The van der Waals surface area contributed by atoms with Crippen LogP contribution in [0.4, 0.5) is 5.69 Å². The van der Waals surface area contributed by atoms with Crippen LogP contribution in [0.5, 0.6) is 5.75 Å². The van der Waals surface area contributed by atoms with Gasteiger partial charge in [0.15, 0.2) is 5.69 Å². The fraction of sp³-hybridized carbons (Fsp3) is 0.357. The lowest BCUT2D eigenvalue weighted by Gasteiger charge is -2.26. The summed E-state index contributed by atoms with van der Waals surface area (Å²) in [6.07, 6.45) is 2.68. The second kappa shape index (κ2) is 5.67. The van der Waals surface area contributed by atoms with Gasteiger partial charge in [-0.2, -0.15) is 0 Å². The molecule has 1 aliphatic carbocycles. The van der Waals surface area contributed by atoms with E-state index in [1.54, 1.807) is 0 Å². The number of hydrogen-bond acceptors (Lipinski definition) is 6. The summed E-state index contributed by atoms with van der Waals surface area (Å²) < 4.78 is 6.58. The number of non-ortho nitro benzene ring substituents is 1. The monoisotopic (exact) mass is 318 g/mol. The molecule has 9 heteroatoms. The summed E-state index contributed by atoms with van der Waals surface area (Å²) in [7, 11) is 1.43. The number of nitro groups is 1. The number of carboxylic acids is 1. The Morgan fingerprint density at radius 2 is 2.22 bits per heavy atom. The van der Waals surface area contributed by atoms with E-state index in [9.17, 15) is 20.0 Å². The maximum absolute atomic E-state index is 11.4. The van der Waals surface area contributed by atoms with E-state index in [1.165, 1.54) is 30.0 Å². The third-order valence-corrected chi connectivity index (χ3v) is 4.00. The van der Waals surface area contributed by atoms with Crippen LogP contribution < -0.4 is 4.74 Å². The number of benzene rings is 1. The highest BCUT2D eigenvalue weighted by atomic mass is 16.6. The van der Waals surface area contributed by atoms with Crippen LogP contribution in [-0.2, 0) is 0 Å². The first kappa shape index (κ1) is 14.9. The zero-order chi connectivity index (χ0) is 16.6. The molecule has 1 aliphatic rings. The number of methoxy groups -OCH3 is 1. The van der Waals surface area contributed by atoms with E-state index in [1.807, 2.05) is 0 Å². The first-order valence-corrected chi connectivity index (χ1v) is 7.04. The van der Waals surface area contributed by atoms with Crippen molar-refractivity contribution in [3.8, 4) is 11.4 Å². The van der Waals surface area contributed by atoms with E-state index in [0.29, 0.717) is 17.1 Å². The van der Waals surface area contributed by atoms with Crippen LogP contribution in [0.25, 0.3) is 5.69 Å². The minimum atomic E-state index is -1.16. The predicted octanol–water partition coefficient (Wildman–Crippen LogP) is 2.15. The molecule has 1 aromatic heterocycles. The smallest absolute Gasteiger partial charge is 0.358 e. The molecule has 1 saturated carbocycles. The number of nitro benzene ring substituents is 1. The van der Waals surface area contributed by atoms with Gasteiger partial charge in [0.25, 0.3) is 5.69 Å². The van der Waals surface area contributed by atoms with E-state index >= 15 is 0 Å². The molecule has 0 spiro atoms. The first-order valence-electron chi connectivity index (χ1n) is 7.04. The van der Waals surface area contributed by atoms with Crippen molar-refractivity contribution in [2.45, 2.75) is 25.2 Å². The normalized spacial score (nSPS) is 14.3. The Morgan fingerprint density at radius 3 is 2.74 bits per heavy atom. The van der Waals surface area contributed by atoms with Crippen molar-refractivity contribution in [1.82, 2.24) is 15.0 Å². The Bertz CT molecular complexity index is 781.